The van der Waals surface area contributed by atoms with Crippen LogP contribution in [0.25, 0.3) is 0 Å². The van der Waals surface area contributed by atoms with Crippen LogP contribution >= 0.6 is 0 Å². The van der Waals surface area contributed by atoms with Gasteiger partial charge in [0, 0.05) is 12.0 Å². The Balaban J connectivity index is 1.37. The van der Waals surface area contributed by atoms with Crippen LogP contribution in [0.15, 0.2) is 30.6 Å². The summed E-state index contributed by atoms with van der Waals surface area (Å²) >= 11 is 0. The van der Waals surface area contributed by atoms with Crippen LogP contribution in [-0.2, 0) is 13.1 Å². The summed E-state index contributed by atoms with van der Waals surface area (Å²) in [6, 6.07) is 4.35. The molecular formula is C31H37F14N2O+. The molecule has 2 aromatic rings. The molecule has 274 valence electrons. The maximum absolute atomic E-state index is 13.9. The second-order valence-corrected chi connectivity index (χ2v) is 12.1. The third kappa shape index (κ3) is 8.33. The lowest BCUT2D eigenvalue weighted by Gasteiger charge is -2.39. The number of rotatable bonds is 20. The van der Waals surface area contributed by atoms with Gasteiger partial charge in [-0.2, -0.15) is 57.1 Å². The minimum absolute atomic E-state index is 0.185. The van der Waals surface area contributed by atoms with Crippen LogP contribution < -0.4 is 9.30 Å². The van der Waals surface area contributed by atoms with Crippen LogP contribution in [-0.4, -0.2) is 47.5 Å². The fourth-order valence-corrected chi connectivity index (χ4v) is 5.49. The zero-order valence-electron chi connectivity index (χ0n) is 26.0. The normalized spacial score (nSPS) is 15.3. The molecule has 1 heterocycles. The highest BCUT2D eigenvalue weighted by Crippen LogP contribution is 2.60. The molecule has 0 bridgehead atoms. The van der Waals surface area contributed by atoms with Gasteiger partial charge in [0.25, 0.3) is 5.82 Å². The molecule has 1 aromatic heterocycles. The molecular weight excluding hydrogens is 682 g/mol. The number of aromatic nitrogens is 2. The first-order valence-electron chi connectivity index (χ1n) is 15.5. The van der Waals surface area contributed by atoms with E-state index in [-0.39, 0.29) is 18.7 Å². The maximum Gasteiger partial charge on any atom is 0.460 e. The number of aryl methyl sites for hydroxylation is 1. The SMILES string of the molecule is COc1ccc(F)cc1C[n+]1ccn(CCCCCCCCCCCC(F)(F)C(F)(F)C(F)(F)C(F)(F)C(F)(F)C(F)(F)F)c1C1CC1. The molecule has 3 nitrogen and oxygen atoms in total. The zero-order valence-corrected chi connectivity index (χ0v) is 26.0. The molecule has 1 aromatic carbocycles. The van der Waals surface area contributed by atoms with E-state index in [1.54, 1.807) is 6.07 Å². The van der Waals surface area contributed by atoms with E-state index in [0.29, 0.717) is 36.6 Å². The molecule has 0 unspecified atom stereocenters. The summed E-state index contributed by atoms with van der Waals surface area (Å²) in [5.74, 6) is -34.7. The smallest absolute Gasteiger partial charge is 0.460 e. The topological polar surface area (TPSA) is 18.0 Å². The van der Waals surface area contributed by atoms with Crippen molar-refractivity contribution in [2.45, 2.75) is 132 Å². The number of ether oxygens (including phenoxy) is 1. The molecule has 0 saturated heterocycles. The third-order valence-corrected chi connectivity index (χ3v) is 8.43. The van der Waals surface area contributed by atoms with Crippen LogP contribution in [0, 0.1) is 5.82 Å². The van der Waals surface area contributed by atoms with E-state index >= 15 is 0 Å². The van der Waals surface area contributed by atoms with Crippen molar-refractivity contribution < 1.29 is 70.8 Å². The van der Waals surface area contributed by atoms with Crippen molar-refractivity contribution in [2.24, 2.45) is 0 Å². The Labute approximate surface area is 268 Å². The molecule has 0 amide bonds. The minimum Gasteiger partial charge on any atom is -0.496 e. The van der Waals surface area contributed by atoms with Crippen LogP contribution in [0.2, 0.25) is 0 Å². The average molecular weight is 720 g/mol. The van der Waals surface area contributed by atoms with Crippen molar-refractivity contribution in [1.29, 1.82) is 0 Å². The summed E-state index contributed by atoms with van der Waals surface area (Å²) in [6.07, 6.45) is -0.0986. The van der Waals surface area contributed by atoms with Gasteiger partial charge in [-0.3, -0.25) is 0 Å². The number of nitrogens with zero attached hydrogens (tertiary/aromatic N) is 2. The fourth-order valence-electron chi connectivity index (χ4n) is 5.49. The van der Waals surface area contributed by atoms with Crippen LogP contribution in [0.1, 0.15) is 94.4 Å². The summed E-state index contributed by atoms with van der Waals surface area (Å²) in [4.78, 5) is 0. The molecule has 1 saturated carbocycles. The number of imidazole rings is 1. The Hall–Kier alpha value is -2.75. The van der Waals surface area contributed by atoms with E-state index in [2.05, 4.69) is 9.13 Å². The van der Waals surface area contributed by atoms with Crippen molar-refractivity contribution >= 4 is 0 Å². The van der Waals surface area contributed by atoms with Crippen molar-refractivity contribution in [2.75, 3.05) is 7.11 Å². The van der Waals surface area contributed by atoms with Gasteiger partial charge in [-0.05, 0) is 50.3 Å². The summed E-state index contributed by atoms with van der Waals surface area (Å²) in [5, 5.41) is 0. The third-order valence-electron chi connectivity index (χ3n) is 8.43. The van der Waals surface area contributed by atoms with E-state index in [4.69, 9.17) is 4.74 Å². The zero-order chi connectivity index (χ0) is 36.2. The Kier molecular flexibility index (Phi) is 12.4. The highest BCUT2D eigenvalue weighted by atomic mass is 19.4. The number of alkyl halides is 13. The Morgan fingerprint density at radius 1 is 0.708 bits per heavy atom. The molecule has 0 N–H and O–H groups in total. The average Bonchev–Trinajstić information content (AvgIpc) is 3.75. The van der Waals surface area contributed by atoms with E-state index in [9.17, 15) is 61.5 Å². The van der Waals surface area contributed by atoms with Gasteiger partial charge < -0.3 is 4.74 Å². The first kappa shape index (κ1) is 39.7. The number of hydrogen-bond acceptors (Lipinski definition) is 1. The molecule has 48 heavy (non-hydrogen) atoms. The quantitative estimate of drug-likeness (QED) is 0.0757. The number of hydrogen-bond donors (Lipinski definition) is 0. The minimum atomic E-state index is -7.85. The first-order chi connectivity index (χ1) is 22.1. The van der Waals surface area contributed by atoms with Crippen LogP contribution in [0.4, 0.5) is 61.5 Å². The fraction of sp³-hybridized carbons (Fsp3) is 0.710. The van der Waals surface area contributed by atoms with Gasteiger partial charge in [0.2, 0.25) is 0 Å². The summed E-state index contributed by atoms with van der Waals surface area (Å²) in [5.41, 5.74) is 0.715. The number of benzene rings is 1. The molecule has 1 aliphatic carbocycles. The summed E-state index contributed by atoms with van der Waals surface area (Å²) in [6.45, 7) is 1.19. The van der Waals surface area contributed by atoms with Gasteiger partial charge in [-0.1, -0.05) is 38.5 Å². The van der Waals surface area contributed by atoms with Crippen LogP contribution in [0.3, 0.4) is 0 Å². The predicted molar refractivity (Wildman–Crippen MR) is 146 cm³/mol. The van der Waals surface area contributed by atoms with E-state index in [1.165, 1.54) is 19.2 Å². The highest BCUT2D eigenvalue weighted by Gasteiger charge is 2.90. The molecule has 1 aliphatic rings. The van der Waals surface area contributed by atoms with Gasteiger partial charge >= 0.3 is 35.8 Å². The lowest BCUT2D eigenvalue weighted by molar-refractivity contribution is -0.695. The Morgan fingerprint density at radius 3 is 1.75 bits per heavy atom. The summed E-state index contributed by atoms with van der Waals surface area (Å²) in [7, 11) is 1.52. The van der Waals surface area contributed by atoms with Crippen LogP contribution in [0.5, 0.6) is 5.75 Å². The molecule has 3 rings (SSSR count). The molecule has 1 fully saturated rings. The lowest BCUT2D eigenvalue weighted by Crippen LogP contribution is -2.70. The van der Waals surface area contributed by atoms with Crippen molar-refractivity contribution in [3.63, 3.8) is 0 Å². The lowest BCUT2D eigenvalue weighted by atomic mass is 9.91. The second-order valence-electron chi connectivity index (χ2n) is 12.1. The van der Waals surface area contributed by atoms with Gasteiger partial charge in [-0.25, -0.2) is 13.5 Å². The Morgan fingerprint density at radius 2 is 1.23 bits per heavy atom. The largest absolute Gasteiger partial charge is 0.496 e. The van der Waals surface area contributed by atoms with E-state index in [0.717, 1.165) is 50.9 Å². The van der Waals surface area contributed by atoms with E-state index < -0.39 is 48.6 Å². The first-order valence-corrected chi connectivity index (χ1v) is 15.5. The predicted octanol–water partition coefficient (Wildman–Crippen LogP) is 10.5. The molecule has 0 atom stereocenters. The standard InChI is InChI=1S/C31H37F14N2O/c1-48-24-14-13-23(32)19-22(24)20-47-18-17-46(25(47)21-11-12-21)16-10-8-6-4-2-3-5-7-9-15-26(33,34)27(35,36)28(37,38)29(39,40)30(41,42)31(43,44)45/h13-14,17-19,21H,2-12,15-16,20H2,1H3/q+1. The molecule has 17 heteroatoms. The molecule has 0 aliphatic heterocycles. The van der Waals surface area contributed by atoms with E-state index in [1.807, 2.05) is 12.4 Å². The van der Waals surface area contributed by atoms with Crippen molar-refractivity contribution in [3.8, 4) is 5.75 Å². The maximum atomic E-state index is 13.9. The molecule has 0 spiro atoms. The summed E-state index contributed by atoms with van der Waals surface area (Å²) < 4.78 is 195. The number of methoxy groups -OCH3 is 1. The van der Waals surface area contributed by atoms with Crippen molar-refractivity contribution in [1.82, 2.24) is 4.57 Å². The van der Waals surface area contributed by atoms with Gasteiger partial charge in [0.15, 0.2) is 0 Å². The highest BCUT2D eigenvalue weighted by molar-refractivity contribution is 5.33. The van der Waals surface area contributed by atoms with Crippen molar-refractivity contribution in [3.05, 3.63) is 47.8 Å². The Bertz CT molecular complexity index is 1330. The monoisotopic (exact) mass is 719 g/mol. The number of halogens is 14. The second kappa shape index (κ2) is 15.0. The number of unbranched alkanes of at least 4 members (excludes halogenated alkanes) is 8. The van der Waals surface area contributed by atoms with Gasteiger partial charge in [-0.15, -0.1) is 0 Å². The van der Waals surface area contributed by atoms with Gasteiger partial charge in [0.05, 0.1) is 19.6 Å². The van der Waals surface area contributed by atoms with Gasteiger partial charge in [0.1, 0.15) is 30.5 Å². The molecule has 0 radical (unpaired) electrons.